The first-order valence-corrected chi connectivity index (χ1v) is 13.8. The van der Waals surface area contributed by atoms with Gasteiger partial charge in [-0.2, -0.15) is 13.2 Å². The van der Waals surface area contributed by atoms with Gasteiger partial charge in [0.2, 0.25) is 0 Å². The first-order chi connectivity index (χ1) is 17.6. The number of hydrogen-bond acceptors (Lipinski definition) is 3. The Balaban J connectivity index is 0.000000307. The molecule has 0 aromatic heterocycles. The minimum absolute atomic E-state index is 0.147. The van der Waals surface area contributed by atoms with E-state index in [4.69, 9.17) is 13.0 Å². The molecule has 0 bridgehead atoms. The van der Waals surface area contributed by atoms with Crippen molar-refractivity contribution in [3.05, 3.63) is 115 Å². The van der Waals surface area contributed by atoms with Crippen LogP contribution in [0, 0.1) is 0 Å². The Kier molecular flexibility index (Phi) is 6.58. The van der Waals surface area contributed by atoms with Gasteiger partial charge in [0.15, 0.2) is 24.8 Å². The Bertz CT molecular complexity index is 1730. The van der Waals surface area contributed by atoms with Gasteiger partial charge in [-0.25, -0.2) is 8.42 Å². The van der Waals surface area contributed by atoms with Crippen LogP contribution in [0.4, 0.5) is 13.2 Å². The summed E-state index contributed by atoms with van der Waals surface area (Å²) in [5.41, 5.74) is -5.65. The summed E-state index contributed by atoms with van der Waals surface area (Å²) in [6.07, 6.45) is 0. The lowest BCUT2D eigenvalue weighted by Gasteiger charge is -2.14. The van der Waals surface area contributed by atoms with Crippen molar-refractivity contribution >= 4 is 53.3 Å². The van der Waals surface area contributed by atoms with Gasteiger partial charge >= 0.3 is 5.51 Å². The highest BCUT2D eigenvalue weighted by Crippen LogP contribution is 2.41. The van der Waals surface area contributed by atoms with Crippen molar-refractivity contribution < 1.29 is 26.1 Å². The molecule has 6 rings (SSSR count). The molecule has 186 valence electrons. The molecule has 3 nitrogen and oxygen atoms in total. The van der Waals surface area contributed by atoms with Crippen LogP contribution in [0.15, 0.2) is 130 Å². The summed E-state index contributed by atoms with van der Waals surface area (Å²) in [6, 6.07) is 42.2. The maximum atomic E-state index is 10.7. The topological polar surface area (TPSA) is 57.2 Å². The average molecular weight is 537 g/mol. The molecule has 6 aromatic carbocycles. The van der Waals surface area contributed by atoms with Gasteiger partial charge in [-0.05, 0) is 64.0 Å². The molecule has 0 aliphatic heterocycles. The normalized spacial score (nSPS) is 12.2. The van der Waals surface area contributed by atoms with Crippen molar-refractivity contribution in [3.8, 4) is 0 Å². The van der Waals surface area contributed by atoms with E-state index in [9.17, 15) is 13.2 Å². The van der Waals surface area contributed by atoms with E-state index in [0.717, 1.165) is 0 Å². The monoisotopic (exact) mass is 536 g/mol. The van der Waals surface area contributed by atoms with Crippen molar-refractivity contribution in [2.75, 3.05) is 0 Å². The van der Waals surface area contributed by atoms with Crippen molar-refractivity contribution in [2.24, 2.45) is 0 Å². The molecule has 0 N–H and O–H groups in total. The highest BCUT2D eigenvalue weighted by Gasteiger charge is 2.37. The van der Waals surface area contributed by atoms with Crippen molar-refractivity contribution in [3.63, 3.8) is 0 Å². The summed E-state index contributed by atoms with van der Waals surface area (Å²) in [7, 11) is -6.24. The molecule has 0 atom stereocenters. The molecule has 0 aliphatic carbocycles. The largest absolute Gasteiger partial charge is 0.741 e. The van der Waals surface area contributed by atoms with Gasteiger partial charge in [0.1, 0.15) is 0 Å². The predicted octanol–water partition coefficient (Wildman–Crippen LogP) is 7.73. The maximum Gasteiger partial charge on any atom is 0.485 e. The molecule has 0 spiro atoms. The summed E-state index contributed by atoms with van der Waals surface area (Å²) >= 11 is 0. The van der Waals surface area contributed by atoms with Gasteiger partial charge < -0.3 is 4.55 Å². The second kappa shape index (κ2) is 9.70. The van der Waals surface area contributed by atoms with Crippen LogP contribution in [-0.2, 0) is 21.0 Å². The first kappa shape index (κ1) is 25.1. The maximum absolute atomic E-state index is 10.7. The molecule has 0 saturated heterocycles. The molecular weight excluding hydrogens is 517 g/mol. The van der Waals surface area contributed by atoms with Crippen LogP contribution < -0.4 is 0 Å². The van der Waals surface area contributed by atoms with Gasteiger partial charge in [-0.3, -0.25) is 0 Å². The van der Waals surface area contributed by atoms with Crippen molar-refractivity contribution in [1.82, 2.24) is 0 Å². The highest BCUT2D eigenvalue weighted by atomic mass is 32.2. The summed E-state index contributed by atoms with van der Waals surface area (Å²) in [4.78, 5) is 4.11. The highest BCUT2D eigenvalue weighted by molar-refractivity contribution is 7.97. The van der Waals surface area contributed by atoms with Crippen LogP contribution in [0.3, 0.4) is 0 Å². The molecule has 6 aromatic rings. The van der Waals surface area contributed by atoms with E-state index in [1.54, 1.807) is 0 Å². The standard InChI is InChI=1S/C28H19S.CHF3O3S/c1-3-10-23(11-4-1)29(24-12-5-2-6-13-24)26-19-17-22-15-14-20-8-7-9-21-16-18-25(26)28(22)27(20)21;2-1(3,4)8(5,6)7/h1-19H;(H,5,6,7)/q+1;/p-1. The molecule has 0 radical (unpaired) electrons. The molecule has 0 heterocycles. The van der Waals surface area contributed by atoms with Gasteiger partial charge in [0.25, 0.3) is 0 Å². The van der Waals surface area contributed by atoms with Gasteiger partial charge in [-0.1, -0.05) is 72.8 Å². The number of hydrogen-bond donors (Lipinski definition) is 0. The van der Waals surface area contributed by atoms with Crippen LogP contribution in [0.5, 0.6) is 0 Å². The van der Waals surface area contributed by atoms with Crippen LogP contribution in [-0.4, -0.2) is 18.5 Å². The van der Waals surface area contributed by atoms with Crippen LogP contribution >= 0.6 is 0 Å². The fourth-order valence-corrected chi connectivity index (χ4v) is 6.62. The van der Waals surface area contributed by atoms with Gasteiger partial charge in [0.05, 0.1) is 10.9 Å². The Hall–Kier alpha value is -3.59. The Morgan fingerprint density at radius 3 is 1.49 bits per heavy atom. The molecule has 0 unspecified atom stereocenters. The third kappa shape index (κ3) is 4.87. The van der Waals surface area contributed by atoms with Crippen LogP contribution in [0.25, 0.3) is 32.3 Å². The van der Waals surface area contributed by atoms with Crippen LogP contribution in [0.2, 0.25) is 0 Å². The van der Waals surface area contributed by atoms with E-state index in [0.29, 0.717) is 0 Å². The van der Waals surface area contributed by atoms with E-state index in [-0.39, 0.29) is 10.9 Å². The number of halogens is 3. The first-order valence-electron chi connectivity index (χ1n) is 11.2. The van der Waals surface area contributed by atoms with Crippen LogP contribution in [0.1, 0.15) is 0 Å². The Labute approximate surface area is 214 Å². The second-order valence-electron chi connectivity index (χ2n) is 8.25. The summed E-state index contributed by atoms with van der Waals surface area (Å²) in [6.45, 7) is 0. The summed E-state index contributed by atoms with van der Waals surface area (Å²) in [5, 5.41) is 8.09. The fraction of sp³-hybridized carbons (Fsp3) is 0.0345. The lowest BCUT2D eigenvalue weighted by atomic mass is 9.94. The minimum Gasteiger partial charge on any atom is -0.741 e. The van der Waals surface area contributed by atoms with Crippen molar-refractivity contribution in [2.45, 2.75) is 20.2 Å². The molecule has 8 heteroatoms. The van der Waals surface area contributed by atoms with E-state index < -0.39 is 15.6 Å². The lowest BCUT2D eigenvalue weighted by molar-refractivity contribution is -0.0517. The van der Waals surface area contributed by atoms with Gasteiger partial charge in [0, 0.05) is 10.8 Å². The number of rotatable bonds is 3. The minimum atomic E-state index is -6.09. The number of benzene rings is 6. The SMILES string of the molecule is O=S(=O)([O-])C(F)(F)F.c1ccc([S+](c2ccccc2)c2ccc3ccc4cccc5ccc2c3c45)cc1. The predicted molar refractivity (Wildman–Crippen MR) is 141 cm³/mol. The molecule has 37 heavy (non-hydrogen) atoms. The smallest absolute Gasteiger partial charge is 0.485 e. The average Bonchev–Trinajstić information content (AvgIpc) is 2.89. The molecule has 0 aliphatic rings. The molecule has 0 fully saturated rings. The van der Waals surface area contributed by atoms with E-state index in [1.807, 2.05) is 0 Å². The fourth-order valence-electron chi connectivity index (χ4n) is 4.39. The third-order valence-corrected chi connectivity index (χ3v) is 8.80. The molecule has 0 saturated carbocycles. The molecular formula is C29H19F3O3S2. The molecule has 0 amide bonds. The summed E-state index contributed by atoms with van der Waals surface area (Å²) in [5.74, 6) is 0. The number of alkyl halides is 3. The van der Waals surface area contributed by atoms with E-state index in [1.165, 1.54) is 47.0 Å². The zero-order chi connectivity index (χ0) is 26.2. The van der Waals surface area contributed by atoms with Gasteiger partial charge in [-0.15, -0.1) is 0 Å². The lowest BCUT2D eigenvalue weighted by Crippen LogP contribution is -2.21. The van der Waals surface area contributed by atoms with Crippen molar-refractivity contribution in [1.29, 1.82) is 0 Å². The third-order valence-electron chi connectivity index (χ3n) is 5.95. The Morgan fingerprint density at radius 2 is 1.00 bits per heavy atom. The van der Waals surface area contributed by atoms with E-state index in [2.05, 4.69) is 115 Å². The van der Waals surface area contributed by atoms with E-state index >= 15 is 0 Å². The summed E-state index contributed by atoms with van der Waals surface area (Å²) < 4.78 is 58.9. The quantitative estimate of drug-likeness (QED) is 0.101. The Morgan fingerprint density at radius 1 is 0.568 bits per heavy atom. The zero-order valence-electron chi connectivity index (χ0n) is 19.1. The zero-order valence-corrected chi connectivity index (χ0v) is 20.8. The second-order valence-corrected chi connectivity index (χ2v) is 11.6.